The van der Waals surface area contributed by atoms with Crippen LogP contribution in [0.1, 0.15) is 12.5 Å². The zero-order valence-electron chi connectivity index (χ0n) is 10.5. The van der Waals surface area contributed by atoms with E-state index in [1.807, 2.05) is 43.3 Å². The summed E-state index contributed by atoms with van der Waals surface area (Å²) in [5, 5.41) is 12.3. The maximum Gasteiger partial charge on any atom is 0.119 e. The van der Waals surface area contributed by atoms with Crippen LogP contribution in [0.15, 0.2) is 46.9 Å². The fourth-order valence-corrected chi connectivity index (χ4v) is 2.04. The molecule has 0 spiro atoms. The molecule has 0 aliphatic heterocycles. The zero-order valence-corrected chi connectivity index (χ0v) is 12.1. The largest absolute Gasteiger partial charge is 0.494 e. The second-order valence-corrected chi connectivity index (χ2v) is 4.80. The number of ether oxygens (including phenoxy) is 1. The average molecular weight is 317 g/mol. The first-order valence-corrected chi connectivity index (χ1v) is 6.71. The summed E-state index contributed by atoms with van der Waals surface area (Å²) in [7, 11) is 0. The molecule has 0 saturated heterocycles. The number of benzene rings is 2. The lowest BCUT2D eigenvalue weighted by molar-refractivity contribution is 0.340. The van der Waals surface area contributed by atoms with Crippen molar-refractivity contribution >= 4 is 27.3 Å². The molecule has 0 radical (unpaired) electrons. The van der Waals surface area contributed by atoms with E-state index in [0.29, 0.717) is 12.2 Å². The van der Waals surface area contributed by atoms with Crippen molar-refractivity contribution in [3.8, 4) is 11.8 Å². The third-order valence-electron chi connectivity index (χ3n) is 2.55. The monoisotopic (exact) mass is 316 g/mol. The van der Waals surface area contributed by atoms with Gasteiger partial charge in [-0.05, 0) is 49.4 Å². The van der Waals surface area contributed by atoms with Crippen molar-refractivity contribution in [2.45, 2.75) is 6.92 Å². The van der Waals surface area contributed by atoms with Crippen LogP contribution in [0.2, 0.25) is 0 Å². The second kappa shape index (κ2) is 6.26. The normalized spacial score (nSPS) is 9.74. The molecule has 2 aromatic rings. The van der Waals surface area contributed by atoms with Crippen LogP contribution >= 0.6 is 15.9 Å². The first-order valence-electron chi connectivity index (χ1n) is 5.92. The van der Waals surface area contributed by atoms with Gasteiger partial charge >= 0.3 is 0 Å². The summed E-state index contributed by atoms with van der Waals surface area (Å²) in [6.45, 7) is 2.60. The van der Waals surface area contributed by atoms with Crippen molar-refractivity contribution in [1.29, 1.82) is 5.26 Å². The standard InChI is InChI=1S/C15H13BrN2O/c1-2-19-14-7-5-13(6-8-14)18-15-9-12(16)4-3-11(15)10-17/h3-9,18H,2H2,1H3. The smallest absolute Gasteiger partial charge is 0.119 e. The molecule has 3 nitrogen and oxygen atoms in total. The van der Waals surface area contributed by atoms with Gasteiger partial charge in [0.2, 0.25) is 0 Å². The summed E-state index contributed by atoms with van der Waals surface area (Å²) in [5.41, 5.74) is 2.30. The predicted octanol–water partition coefficient (Wildman–Crippen LogP) is 4.46. The van der Waals surface area contributed by atoms with E-state index < -0.39 is 0 Å². The molecule has 0 atom stereocenters. The summed E-state index contributed by atoms with van der Waals surface area (Å²) in [6.07, 6.45) is 0. The van der Waals surface area contributed by atoms with Crippen LogP contribution in [-0.4, -0.2) is 6.61 Å². The van der Waals surface area contributed by atoms with Crippen molar-refractivity contribution in [2.24, 2.45) is 0 Å². The molecule has 0 fully saturated rings. The Balaban J connectivity index is 2.21. The minimum absolute atomic E-state index is 0.608. The van der Waals surface area contributed by atoms with Gasteiger partial charge in [-0.2, -0.15) is 5.26 Å². The third kappa shape index (κ3) is 3.49. The minimum atomic E-state index is 0.608. The van der Waals surface area contributed by atoms with Crippen LogP contribution < -0.4 is 10.1 Å². The summed E-state index contributed by atoms with van der Waals surface area (Å²) >= 11 is 3.40. The van der Waals surface area contributed by atoms with Gasteiger partial charge in [-0.15, -0.1) is 0 Å². The molecule has 0 saturated carbocycles. The fraction of sp³-hybridized carbons (Fsp3) is 0.133. The first-order chi connectivity index (χ1) is 9.22. The van der Waals surface area contributed by atoms with E-state index in [1.54, 1.807) is 6.07 Å². The molecule has 2 aromatic carbocycles. The molecule has 96 valence electrons. The van der Waals surface area contributed by atoms with Gasteiger partial charge in [0.05, 0.1) is 17.9 Å². The van der Waals surface area contributed by atoms with Gasteiger partial charge in [0.15, 0.2) is 0 Å². The van der Waals surface area contributed by atoms with Crippen molar-refractivity contribution in [1.82, 2.24) is 0 Å². The molecule has 0 heterocycles. The molecule has 0 unspecified atom stereocenters. The SMILES string of the molecule is CCOc1ccc(Nc2cc(Br)ccc2C#N)cc1. The number of nitriles is 1. The lowest BCUT2D eigenvalue weighted by atomic mass is 10.2. The maximum atomic E-state index is 9.08. The molecule has 2 rings (SSSR count). The van der Waals surface area contributed by atoms with Gasteiger partial charge in [-0.1, -0.05) is 15.9 Å². The van der Waals surface area contributed by atoms with Gasteiger partial charge in [0, 0.05) is 10.2 Å². The molecule has 4 heteroatoms. The number of rotatable bonds is 4. The number of anilines is 2. The predicted molar refractivity (Wildman–Crippen MR) is 79.8 cm³/mol. The van der Waals surface area contributed by atoms with Gasteiger partial charge in [0.25, 0.3) is 0 Å². The quantitative estimate of drug-likeness (QED) is 0.905. The van der Waals surface area contributed by atoms with Gasteiger partial charge < -0.3 is 10.1 Å². The van der Waals surface area contributed by atoms with E-state index in [0.717, 1.165) is 21.6 Å². The topological polar surface area (TPSA) is 45.0 Å². The second-order valence-electron chi connectivity index (χ2n) is 3.88. The first kappa shape index (κ1) is 13.4. The van der Waals surface area contributed by atoms with Crippen LogP contribution in [0, 0.1) is 11.3 Å². The number of nitrogens with one attached hydrogen (secondary N) is 1. The lowest BCUT2D eigenvalue weighted by Crippen LogP contribution is -1.95. The lowest BCUT2D eigenvalue weighted by Gasteiger charge is -2.10. The van der Waals surface area contributed by atoms with Gasteiger partial charge in [0.1, 0.15) is 11.8 Å². The van der Waals surface area contributed by atoms with E-state index in [1.165, 1.54) is 0 Å². The summed E-state index contributed by atoms with van der Waals surface area (Å²) in [4.78, 5) is 0. The molecule has 0 aliphatic carbocycles. The highest BCUT2D eigenvalue weighted by molar-refractivity contribution is 9.10. The van der Waals surface area contributed by atoms with E-state index in [-0.39, 0.29) is 0 Å². The molecule has 0 bridgehead atoms. The molecule has 19 heavy (non-hydrogen) atoms. The number of halogens is 1. The van der Waals surface area contributed by atoms with Crippen molar-refractivity contribution in [2.75, 3.05) is 11.9 Å². The average Bonchev–Trinajstić information content (AvgIpc) is 2.42. The van der Waals surface area contributed by atoms with E-state index >= 15 is 0 Å². The summed E-state index contributed by atoms with van der Waals surface area (Å²) in [5.74, 6) is 0.836. The highest BCUT2D eigenvalue weighted by Crippen LogP contribution is 2.25. The fourth-order valence-electron chi connectivity index (χ4n) is 1.67. The highest BCUT2D eigenvalue weighted by Gasteiger charge is 2.03. The number of hydrogen-bond donors (Lipinski definition) is 1. The summed E-state index contributed by atoms with van der Waals surface area (Å²) < 4.78 is 6.32. The van der Waals surface area contributed by atoms with Crippen molar-refractivity contribution < 1.29 is 4.74 Å². The Morgan fingerprint density at radius 2 is 1.95 bits per heavy atom. The van der Waals surface area contributed by atoms with Crippen LogP contribution in [0.4, 0.5) is 11.4 Å². The number of nitrogens with zero attached hydrogens (tertiary/aromatic N) is 1. The molecule has 1 N–H and O–H groups in total. The Hall–Kier alpha value is -1.99. The van der Waals surface area contributed by atoms with Gasteiger partial charge in [-0.25, -0.2) is 0 Å². The van der Waals surface area contributed by atoms with Crippen molar-refractivity contribution in [3.63, 3.8) is 0 Å². The van der Waals surface area contributed by atoms with Crippen LogP contribution in [0.3, 0.4) is 0 Å². The van der Waals surface area contributed by atoms with Crippen LogP contribution in [0.5, 0.6) is 5.75 Å². The number of hydrogen-bond acceptors (Lipinski definition) is 3. The van der Waals surface area contributed by atoms with Crippen molar-refractivity contribution in [3.05, 3.63) is 52.5 Å². The van der Waals surface area contributed by atoms with Gasteiger partial charge in [-0.3, -0.25) is 0 Å². The minimum Gasteiger partial charge on any atom is -0.494 e. The summed E-state index contributed by atoms with van der Waals surface area (Å²) in [6, 6.07) is 15.3. The Labute approximate surface area is 121 Å². The Morgan fingerprint density at radius 3 is 2.58 bits per heavy atom. The molecular formula is C15H13BrN2O. The van der Waals surface area contributed by atoms with Crippen LogP contribution in [-0.2, 0) is 0 Å². The molecule has 0 aromatic heterocycles. The third-order valence-corrected chi connectivity index (χ3v) is 3.04. The molecular weight excluding hydrogens is 304 g/mol. The molecule has 0 aliphatic rings. The highest BCUT2D eigenvalue weighted by atomic mass is 79.9. The molecule has 0 amide bonds. The van der Waals surface area contributed by atoms with E-state index in [4.69, 9.17) is 10.00 Å². The Bertz CT molecular complexity index is 603. The zero-order chi connectivity index (χ0) is 13.7. The van der Waals surface area contributed by atoms with Crippen LogP contribution in [0.25, 0.3) is 0 Å². The Morgan fingerprint density at radius 1 is 1.21 bits per heavy atom. The van der Waals surface area contributed by atoms with E-state index in [2.05, 4.69) is 27.3 Å². The Kier molecular flexibility index (Phi) is 4.43. The maximum absolute atomic E-state index is 9.08. The van der Waals surface area contributed by atoms with E-state index in [9.17, 15) is 0 Å².